The smallest absolute Gasteiger partial charge is 0.318 e. The maximum Gasteiger partial charge on any atom is 0.318 e. The van der Waals surface area contributed by atoms with Crippen LogP contribution in [-0.2, 0) is 19.1 Å². The van der Waals surface area contributed by atoms with E-state index >= 15 is 0 Å². The first-order valence-electron chi connectivity index (χ1n) is 6.93. The number of rotatable bonds is 7. The zero-order valence-corrected chi connectivity index (χ0v) is 13.8. The van der Waals surface area contributed by atoms with Gasteiger partial charge in [0.25, 0.3) is 0 Å². The summed E-state index contributed by atoms with van der Waals surface area (Å²) >= 11 is 0. The van der Waals surface area contributed by atoms with Crippen molar-refractivity contribution < 1.29 is 28.6 Å². The van der Waals surface area contributed by atoms with E-state index in [2.05, 4.69) is 5.32 Å². The van der Waals surface area contributed by atoms with E-state index in [1.807, 2.05) is 0 Å². The molecule has 0 saturated heterocycles. The summed E-state index contributed by atoms with van der Waals surface area (Å²) in [5.41, 5.74) is 0.531. The molecule has 1 amide bonds. The molecule has 126 valence electrons. The summed E-state index contributed by atoms with van der Waals surface area (Å²) in [6.45, 7) is 2.58. The van der Waals surface area contributed by atoms with Crippen molar-refractivity contribution in [1.82, 2.24) is 5.32 Å². The van der Waals surface area contributed by atoms with Crippen LogP contribution in [0.4, 0.5) is 0 Å². The van der Waals surface area contributed by atoms with Crippen molar-refractivity contribution in [2.45, 2.75) is 19.9 Å². The molecule has 0 fully saturated rings. The number of hydrogen-bond acceptors (Lipinski definition) is 6. The minimum Gasteiger partial charge on any atom is -0.493 e. The van der Waals surface area contributed by atoms with Crippen LogP contribution in [0.1, 0.15) is 25.5 Å². The molecule has 2 atom stereocenters. The molecule has 1 aromatic carbocycles. The highest BCUT2D eigenvalue weighted by Gasteiger charge is 2.35. The summed E-state index contributed by atoms with van der Waals surface area (Å²) < 4.78 is 15.1. The van der Waals surface area contributed by atoms with Crippen molar-refractivity contribution in [2.75, 3.05) is 21.3 Å². The fraction of sp³-hybridized carbons (Fsp3) is 0.438. The molecule has 0 unspecified atom stereocenters. The lowest BCUT2D eigenvalue weighted by Gasteiger charge is -2.25. The number of hydrogen-bond donors (Lipinski definition) is 1. The SMILES string of the molecule is COC(=O)[C@@H](C(C)=O)[C@H](NC(C)=O)c1ccc(OC)c(OC)c1. The van der Waals surface area contributed by atoms with Crippen molar-refractivity contribution in [2.24, 2.45) is 5.92 Å². The zero-order chi connectivity index (χ0) is 17.6. The molecule has 0 aromatic heterocycles. The van der Waals surface area contributed by atoms with Crippen LogP contribution >= 0.6 is 0 Å². The summed E-state index contributed by atoms with van der Waals surface area (Å²) in [4.78, 5) is 35.4. The molecule has 0 bridgehead atoms. The molecule has 0 aliphatic heterocycles. The number of nitrogens with one attached hydrogen (secondary N) is 1. The lowest BCUT2D eigenvalue weighted by atomic mass is 9.89. The standard InChI is InChI=1S/C16H21NO6/c1-9(18)14(16(20)23-5)15(17-10(2)19)11-6-7-12(21-3)13(8-11)22-4/h6-8,14-15H,1-5H3,(H,17,19)/t14-,15+/m0/s1. The van der Waals surface area contributed by atoms with Gasteiger partial charge in [-0.15, -0.1) is 0 Å². The van der Waals surface area contributed by atoms with Crippen LogP contribution in [0.3, 0.4) is 0 Å². The summed E-state index contributed by atoms with van der Waals surface area (Å²) in [5.74, 6) is -1.74. The molecule has 0 spiro atoms. The molecule has 7 nitrogen and oxygen atoms in total. The van der Waals surface area contributed by atoms with Crippen LogP contribution < -0.4 is 14.8 Å². The van der Waals surface area contributed by atoms with Gasteiger partial charge in [-0.1, -0.05) is 6.07 Å². The number of ether oxygens (including phenoxy) is 3. The molecule has 1 aromatic rings. The number of ketones is 1. The Bertz CT molecular complexity index is 598. The predicted octanol–water partition coefficient (Wildman–Crippen LogP) is 1.26. The number of carbonyl (C=O) groups excluding carboxylic acids is 3. The summed E-state index contributed by atoms with van der Waals surface area (Å²) in [7, 11) is 4.16. The van der Waals surface area contributed by atoms with Gasteiger partial charge in [-0.2, -0.15) is 0 Å². The minimum atomic E-state index is -1.15. The fourth-order valence-corrected chi connectivity index (χ4v) is 2.29. The van der Waals surface area contributed by atoms with Gasteiger partial charge in [0.05, 0.1) is 27.4 Å². The first kappa shape index (κ1) is 18.5. The zero-order valence-electron chi connectivity index (χ0n) is 13.8. The van der Waals surface area contributed by atoms with E-state index in [0.717, 1.165) is 0 Å². The summed E-state index contributed by atoms with van der Waals surface area (Å²) in [5, 5.41) is 2.62. The average molecular weight is 323 g/mol. The van der Waals surface area contributed by atoms with Crippen LogP contribution in [0, 0.1) is 5.92 Å². The van der Waals surface area contributed by atoms with Crippen LogP contribution in [0.2, 0.25) is 0 Å². The molecular formula is C16H21NO6. The third-order valence-electron chi connectivity index (χ3n) is 3.35. The third kappa shape index (κ3) is 4.45. The predicted molar refractivity (Wildman–Crippen MR) is 82.3 cm³/mol. The molecule has 23 heavy (non-hydrogen) atoms. The van der Waals surface area contributed by atoms with Crippen molar-refractivity contribution in [3.05, 3.63) is 23.8 Å². The van der Waals surface area contributed by atoms with Crippen molar-refractivity contribution >= 4 is 17.7 Å². The Morgan fingerprint density at radius 3 is 2.04 bits per heavy atom. The second-order valence-electron chi connectivity index (χ2n) is 4.90. The number of Topliss-reactive ketones (excluding diaryl/α,β-unsaturated/α-hetero) is 1. The molecule has 0 saturated carbocycles. The third-order valence-corrected chi connectivity index (χ3v) is 3.35. The van der Waals surface area contributed by atoms with Gasteiger partial charge in [0, 0.05) is 6.92 Å². The van der Waals surface area contributed by atoms with Gasteiger partial charge >= 0.3 is 5.97 Å². The normalized spacial score (nSPS) is 12.7. The Balaban J connectivity index is 3.37. The van der Waals surface area contributed by atoms with E-state index in [9.17, 15) is 14.4 Å². The Labute approximate surface area is 134 Å². The maximum absolute atomic E-state index is 12.0. The van der Waals surface area contributed by atoms with E-state index < -0.39 is 23.7 Å². The Morgan fingerprint density at radius 1 is 1.00 bits per heavy atom. The lowest BCUT2D eigenvalue weighted by Crippen LogP contribution is -2.39. The highest BCUT2D eigenvalue weighted by molar-refractivity contribution is 5.99. The first-order chi connectivity index (χ1) is 10.8. The Kier molecular flexibility index (Phi) is 6.56. The second-order valence-corrected chi connectivity index (χ2v) is 4.90. The van der Waals surface area contributed by atoms with Gasteiger partial charge in [-0.25, -0.2) is 0 Å². The van der Waals surface area contributed by atoms with E-state index in [-0.39, 0.29) is 5.91 Å². The maximum atomic E-state index is 12.0. The number of esters is 1. The van der Waals surface area contributed by atoms with Gasteiger partial charge in [0.15, 0.2) is 11.5 Å². The van der Waals surface area contributed by atoms with Crippen LogP contribution in [0.15, 0.2) is 18.2 Å². The van der Waals surface area contributed by atoms with Crippen LogP contribution in [0.25, 0.3) is 0 Å². The van der Waals surface area contributed by atoms with Crippen LogP contribution in [0.5, 0.6) is 11.5 Å². The van der Waals surface area contributed by atoms with Gasteiger partial charge in [-0.05, 0) is 24.6 Å². The lowest BCUT2D eigenvalue weighted by molar-refractivity contribution is -0.150. The van der Waals surface area contributed by atoms with Gasteiger partial charge in [0.1, 0.15) is 11.7 Å². The first-order valence-corrected chi connectivity index (χ1v) is 6.93. The van der Waals surface area contributed by atoms with Gasteiger partial charge in [-0.3, -0.25) is 14.4 Å². The van der Waals surface area contributed by atoms with Gasteiger partial charge in [0.2, 0.25) is 5.91 Å². The minimum absolute atomic E-state index is 0.375. The number of methoxy groups -OCH3 is 3. The van der Waals surface area contributed by atoms with Crippen LogP contribution in [-0.4, -0.2) is 39.0 Å². The number of amides is 1. The highest BCUT2D eigenvalue weighted by atomic mass is 16.5. The monoisotopic (exact) mass is 323 g/mol. The summed E-state index contributed by atoms with van der Waals surface area (Å²) in [6, 6.07) is 4.04. The van der Waals surface area contributed by atoms with E-state index in [1.165, 1.54) is 35.2 Å². The Morgan fingerprint density at radius 2 is 1.61 bits per heavy atom. The molecular weight excluding hydrogens is 302 g/mol. The van der Waals surface area contributed by atoms with E-state index in [1.54, 1.807) is 18.2 Å². The van der Waals surface area contributed by atoms with E-state index in [0.29, 0.717) is 17.1 Å². The van der Waals surface area contributed by atoms with Crippen molar-refractivity contribution in [3.8, 4) is 11.5 Å². The molecule has 1 rings (SSSR count). The fourth-order valence-electron chi connectivity index (χ4n) is 2.29. The second kappa shape index (κ2) is 8.17. The highest BCUT2D eigenvalue weighted by Crippen LogP contribution is 2.33. The summed E-state index contributed by atoms with van der Waals surface area (Å²) in [6.07, 6.45) is 0. The molecule has 0 radical (unpaired) electrons. The number of carbonyl (C=O) groups is 3. The quantitative estimate of drug-likeness (QED) is 0.600. The Hall–Kier alpha value is -2.57. The largest absolute Gasteiger partial charge is 0.493 e. The molecule has 0 aliphatic carbocycles. The molecule has 0 heterocycles. The van der Waals surface area contributed by atoms with Crippen molar-refractivity contribution in [1.29, 1.82) is 0 Å². The molecule has 1 N–H and O–H groups in total. The molecule has 0 aliphatic rings. The van der Waals surface area contributed by atoms with E-state index in [4.69, 9.17) is 14.2 Å². The average Bonchev–Trinajstić information content (AvgIpc) is 2.52. The number of benzene rings is 1. The molecule has 7 heteroatoms. The van der Waals surface area contributed by atoms with Gasteiger partial charge < -0.3 is 19.5 Å². The topological polar surface area (TPSA) is 90.9 Å². The van der Waals surface area contributed by atoms with Crippen molar-refractivity contribution in [3.63, 3.8) is 0 Å².